The zero-order valence-corrected chi connectivity index (χ0v) is 10.9. The highest BCUT2D eigenvalue weighted by Crippen LogP contribution is 2.42. The van der Waals surface area contributed by atoms with Gasteiger partial charge in [0.2, 0.25) is 0 Å². The van der Waals surface area contributed by atoms with Crippen molar-refractivity contribution in [2.24, 2.45) is 5.73 Å². The lowest BCUT2D eigenvalue weighted by Gasteiger charge is -2.34. The van der Waals surface area contributed by atoms with Crippen LogP contribution >= 0.6 is 0 Å². The third-order valence-electron chi connectivity index (χ3n) is 3.86. The number of rotatable bonds is 2. The molecule has 0 unspecified atom stereocenters. The molecule has 1 aliphatic rings. The molecule has 0 atom stereocenters. The van der Waals surface area contributed by atoms with Crippen LogP contribution in [0.5, 0.6) is 11.5 Å². The molecule has 3 N–H and O–H groups in total. The van der Waals surface area contributed by atoms with Gasteiger partial charge >= 0.3 is 0 Å². The minimum absolute atomic E-state index is 0.190. The van der Waals surface area contributed by atoms with Crippen LogP contribution in [0.2, 0.25) is 0 Å². The molecular formula is C14H20FNO2. The Bertz CT molecular complexity index is 454. The molecule has 0 saturated heterocycles. The summed E-state index contributed by atoms with van der Waals surface area (Å²) in [7, 11) is 1.42. The summed E-state index contributed by atoms with van der Waals surface area (Å²) < 4.78 is 19.2. The molecule has 1 aliphatic carbocycles. The maximum absolute atomic E-state index is 14.2. The van der Waals surface area contributed by atoms with Crippen LogP contribution in [-0.4, -0.2) is 12.2 Å². The smallest absolute Gasteiger partial charge is 0.194 e. The molecule has 0 bridgehead atoms. The number of nitrogens with two attached hydrogens (primary N) is 1. The van der Waals surface area contributed by atoms with Crippen molar-refractivity contribution in [2.75, 3.05) is 7.11 Å². The number of methoxy groups -OCH3 is 1. The maximum Gasteiger partial charge on any atom is 0.194 e. The highest BCUT2D eigenvalue weighted by molar-refractivity contribution is 5.51. The lowest BCUT2D eigenvalue weighted by molar-refractivity contribution is 0.285. The summed E-state index contributed by atoms with van der Waals surface area (Å²) in [5.41, 5.74) is 6.79. The quantitative estimate of drug-likeness (QED) is 0.852. The molecule has 1 saturated carbocycles. The minimum Gasteiger partial charge on any atom is -0.502 e. The fourth-order valence-electron chi connectivity index (χ4n) is 2.83. The maximum atomic E-state index is 14.2. The van der Waals surface area contributed by atoms with Crippen LogP contribution < -0.4 is 10.5 Å². The first-order valence-electron chi connectivity index (χ1n) is 6.35. The molecule has 0 heterocycles. The SMILES string of the molecule is COc1c(C)cc(C2(N)CCCCC2)c(F)c1O. The van der Waals surface area contributed by atoms with Gasteiger partial charge in [-0.3, -0.25) is 0 Å². The minimum atomic E-state index is -0.656. The van der Waals surface area contributed by atoms with Crippen molar-refractivity contribution in [3.63, 3.8) is 0 Å². The van der Waals surface area contributed by atoms with Gasteiger partial charge in [-0.05, 0) is 31.4 Å². The number of aromatic hydroxyl groups is 1. The van der Waals surface area contributed by atoms with Crippen molar-refractivity contribution in [1.29, 1.82) is 0 Å². The standard InChI is InChI=1S/C14H20FNO2/c1-9-8-10(11(15)12(17)13(9)18-2)14(16)6-4-3-5-7-14/h8,17H,3-7,16H2,1-2H3. The van der Waals surface area contributed by atoms with E-state index in [0.29, 0.717) is 11.1 Å². The molecule has 1 aromatic carbocycles. The largest absolute Gasteiger partial charge is 0.502 e. The van der Waals surface area contributed by atoms with Crippen LogP contribution in [0.1, 0.15) is 43.2 Å². The highest BCUT2D eigenvalue weighted by Gasteiger charge is 2.34. The Morgan fingerprint density at radius 1 is 1.33 bits per heavy atom. The van der Waals surface area contributed by atoms with Crippen molar-refractivity contribution in [1.82, 2.24) is 0 Å². The van der Waals surface area contributed by atoms with Crippen LogP contribution in [0.4, 0.5) is 4.39 Å². The molecular weight excluding hydrogens is 233 g/mol. The summed E-state index contributed by atoms with van der Waals surface area (Å²) in [5, 5.41) is 9.85. The van der Waals surface area contributed by atoms with E-state index in [-0.39, 0.29) is 5.75 Å². The van der Waals surface area contributed by atoms with Gasteiger partial charge in [-0.2, -0.15) is 0 Å². The van der Waals surface area contributed by atoms with Gasteiger partial charge in [0.1, 0.15) is 0 Å². The van der Waals surface area contributed by atoms with Crippen molar-refractivity contribution in [3.8, 4) is 11.5 Å². The molecule has 1 aromatic rings. The Morgan fingerprint density at radius 2 is 1.94 bits per heavy atom. The van der Waals surface area contributed by atoms with Crippen LogP contribution in [0.25, 0.3) is 0 Å². The number of aryl methyl sites for hydroxylation is 1. The summed E-state index contributed by atoms with van der Waals surface area (Å²) in [6.07, 6.45) is 4.66. The summed E-state index contributed by atoms with van der Waals surface area (Å²) in [5.74, 6) is -0.875. The summed E-state index contributed by atoms with van der Waals surface area (Å²) in [6, 6.07) is 1.71. The lowest BCUT2D eigenvalue weighted by Crippen LogP contribution is -2.39. The molecule has 4 heteroatoms. The fourth-order valence-corrected chi connectivity index (χ4v) is 2.83. The zero-order valence-electron chi connectivity index (χ0n) is 10.9. The number of ether oxygens (including phenoxy) is 1. The molecule has 0 aliphatic heterocycles. The number of halogens is 1. The third-order valence-corrected chi connectivity index (χ3v) is 3.86. The van der Waals surface area contributed by atoms with E-state index in [1.54, 1.807) is 13.0 Å². The predicted octanol–water partition coefficient (Wildman–Crippen LogP) is 2.97. The third kappa shape index (κ3) is 2.05. The van der Waals surface area contributed by atoms with Gasteiger partial charge in [0.05, 0.1) is 7.11 Å². The molecule has 100 valence electrons. The molecule has 2 rings (SSSR count). The first kappa shape index (κ1) is 13.1. The van der Waals surface area contributed by atoms with Crippen LogP contribution in [0.15, 0.2) is 6.07 Å². The second-order valence-electron chi connectivity index (χ2n) is 5.15. The van der Waals surface area contributed by atoms with Gasteiger partial charge in [0.25, 0.3) is 0 Å². The molecule has 18 heavy (non-hydrogen) atoms. The van der Waals surface area contributed by atoms with Gasteiger partial charge in [-0.25, -0.2) is 4.39 Å². The summed E-state index contributed by atoms with van der Waals surface area (Å²) in [4.78, 5) is 0. The molecule has 0 spiro atoms. The van der Waals surface area contributed by atoms with Gasteiger partial charge < -0.3 is 15.6 Å². The van der Waals surface area contributed by atoms with Crippen molar-refractivity contribution in [3.05, 3.63) is 23.0 Å². The molecule has 0 radical (unpaired) electrons. The predicted molar refractivity (Wildman–Crippen MR) is 68.3 cm³/mol. The van der Waals surface area contributed by atoms with E-state index in [9.17, 15) is 9.50 Å². The molecule has 0 aromatic heterocycles. The van der Waals surface area contributed by atoms with Gasteiger partial charge in [-0.15, -0.1) is 0 Å². The highest BCUT2D eigenvalue weighted by atomic mass is 19.1. The normalized spacial score (nSPS) is 18.7. The number of phenolic OH excluding ortho intramolecular Hbond substituents is 1. The van der Waals surface area contributed by atoms with Crippen LogP contribution in [-0.2, 0) is 5.54 Å². The second-order valence-corrected chi connectivity index (χ2v) is 5.15. The molecule has 1 fully saturated rings. The van der Waals surface area contributed by atoms with Gasteiger partial charge in [0.15, 0.2) is 17.3 Å². The Hall–Kier alpha value is -1.29. The molecule has 3 nitrogen and oxygen atoms in total. The van der Waals surface area contributed by atoms with E-state index in [1.165, 1.54) is 7.11 Å². The van der Waals surface area contributed by atoms with E-state index in [2.05, 4.69) is 0 Å². The fraction of sp³-hybridized carbons (Fsp3) is 0.571. The second kappa shape index (κ2) is 4.76. The van der Waals surface area contributed by atoms with E-state index >= 15 is 0 Å². The van der Waals surface area contributed by atoms with Crippen molar-refractivity contribution >= 4 is 0 Å². The monoisotopic (exact) mass is 253 g/mol. The topological polar surface area (TPSA) is 55.5 Å². The van der Waals surface area contributed by atoms with Crippen LogP contribution in [0.3, 0.4) is 0 Å². The zero-order chi connectivity index (χ0) is 13.3. The molecule has 0 amide bonds. The number of phenols is 1. The lowest BCUT2D eigenvalue weighted by atomic mass is 9.76. The van der Waals surface area contributed by atoms with Crippen molar-refractivity contribution in [2.45, 2.75) is 44.6 Å². The number of hydrogen-bond donors (Lipinski definition) is 2. The first-order valence-corrected chi connectivity index (χ1v) is 6.35. The Labute approximate surface area is 107 Å². The van der Waals surface area contributed by atoms with Gasteiger partial charge in [0, 0.05) is 11.1 Å². The Morgan fingerprint density at radius 3 is 2.50 bits per heavy atom. The Balaban J connectivity index is 2.51. The number of benzene rings is 1. The Kier molecular flexibility index (Phi) is 3.48. The summed E-state index contributed by atoms with van der Waals surface area (Å²) >= 11 is 0. The first-order chi connectivity index (χ1) is 8.49. The van der Waals surface area contributed by atoms with E-state index in [4.69, 9.17) is 10.5 Å². The van der Waals surface area contributed by atoms with E-state index < -0.39 is 17.1 Å². The summed E-state index contributed by atoms with van der Waals surface area (Å²) in [6.45, 7) is 1.79. The van der Waals surface area contributed by atoms with Crippen LogP contribution in [0, 0.1) is 12.7 Å². The average molecular weight is 253 g/mol. The average Bonchev–Trinajstić information content (AvgIpc) is 2.35. The van der Waals surface area contributed by atoms with Gasteiger partial charge in [-0.1, -0.05) is 19.3 Å². The van der Waals surface area contributed by atoms with E-state index in [0.717, 1.165) is 32.1 Å². The van der Waals surface area contributed by atoms with Crippen molar-refractivity contribution < 1.29 is 14.2 Å². The number of hydrogen-bond acceptors (Lipinski definition) is 3. The van der Waals surface area contributed by atoms with E-state index in [1.807, 2.05) is 0 Å².